The van der Waals surface area contributed by atoms with Gasteiger partial charge in [-0.25, -0.2) is 0 Å². The van der Waals surface area contributed by atoms with Gasteiger partial charge >= 0.3 is 0 Å². The summed E-state index contributed by atoms with van der Waals surface area (Å²) >= 11 is 9.81. The zero-order valence-corrected chi connectivity index (χ0v) is 15.2. The van der Waals surface area contributed by atoms with Crippen molar-refractivity contribution in [2.75, 3.05) is 7.05 Å². The van der Waals surface area contributed by atoms with Crippen LogP contribution in [0.3, 0.4) is 0 Å². The normalized spacial score (nSPS) is 12.7. The zero-order valence-electron chi connectivity index (χ0n) is 12.9. The van der Waals surface area contributed by atoms with Crippen LogP contribution in [-0.2, 0) is 19.9 Å². The third kappa shape index (κ3) is 3.50. The molecule has 2 rings (SSSR count). The molecule has 1 aromatic carbocycles. The van der Waals surface area contributed by atoms with Crippen LogP contribution >= 0.6 is 27.5 Å². The Morgan fingerprint density at radius 3 is 2.67 bits per heavy atom. The molecule has 0 fully saturated rings. The minimum Gasteiger partial charge on any atom is -0.313 e. The Labute approximate surface area is 139 Å². The van der Waals surface area contributed by atoms with Gasteiger partial charge in [0, 0.05) is 24.5 Å². The molecule has 1 aromatic heterocycles. The third-order valence-corrected chi connectivity index (χ3v) is 5.17. The van der Waals surface area contributed by atoms with E-state index in [9.17, 15) is 0 Å². The highest BCUT2D eigenvalue weighted by Crippen LogP contribution is 2.28. The summed E-state index contributed by atoms with van der Waals surface area (Å²) in [5, 5.41) is 8.76. The molecule has 5 heteroatoms. The first kappa shape index (κ1) is 16.5. The summed E-state index contributed by atoms with van der Waals surface area (Å²) < 4.78 is 3.09. The van der Waals surface area contributed by atoms with Crippen LogP contribution in [0.4, 0.5) is 0 Å². The Hall–Kier alpha value is -0.840. The number of aryl methyl sites for hydroxylation is 3. The number of aromatic nitrogens is 2. The zero-order chi connectivity index (χ0) is 15.6. The van der Waals surface area contributed by atoms with E-state index >= 15 is 0 Å². The Kier molecular flexibility index (Phi) is 5.47. The predicted molar refractivity (Wildman–Crippen MR) is 92.0 cm³/mol. The largest absolute Gasteiger partial charge is 0.313 e. The lowest BCUT2D eigenvalue weighted by atomic mass is 10.00. The van der Waals surface area contributed by atoms with E-state index in [2.05, 4.69) is 45.4 Å². The first-order valence-electron chi connectivity index (χ1n) is 7.11. The summed E-state index contributed by atoms with van der Waals surface area (Å²) in [5.74, 6) is 0. The summed E-state index contributed by atoms with van der Waals surface area (Å²) in [7, 11) is 3.98. The molecule has 0 saturated heterocycles. The van der Waals surface area contributed by atoms with Crippen LogP contribution in [0.5, 0.6) is 0 Å². The number of hydrogen-bond acceptors (Lipinski definition) is 2. The van der Waals surface area contributed by atoms with Gasteiger partial charge in [0.25, 0.3) is 0 Å². The highest BCUT2D eigenvalue weighted by molar-refractivity contribution is 9.10. The highest BCUT2D eigenvalue weighted by Gasteiger charge is 2.18. The number of likely N-dealkylation sites (N-methyl/N-ethyl adjacent to an activating group) is 1. The van der Waals surface area contributed by atoms with Crippen molar-refractivity contribution in [1.29, 1.82) is 0 Å². The Bertz CT molecular complexity index is 637. The predicted octanol–water partition coefficient (Wildman–Crippen LogP) is 4.21. The van der Waals surface area contributed by atoms with E-state index in [1.54, 1.807) is 0 Å². The molecule has 1 N–H and O–H groups in total. The SMILES string of the molecule is CCc1nn(C)c(CC(NC)c2ccc(Cl)c(C)c2)c1Br. The summed E-state index contributed by atoms with van der Waals surface area (Å²) in [6.45, 7) is 4.16. The molecular weight excluding hydrogens is 350 g/mol. The van der Waals surface area contributed by atoms with Gasteiger partial charge in [-0.3, -0.25) is 4.68 Å². The van der Waals surface area contributed by atoms with E-state index in [0.717, 1.165) is 33.6 Å². The molecule has 1 atom stereocenters. The second kappa shape index (κ2) is 6.95. The molecule has 1 heterocycles. The fourth-order valence-electron chi connectivity index (χ4n) is 2.51. The molecular formula is C16H21BrClN3. The monoisotopic (exact) mass is 369 g/mol. The van der Waals surface area contributed by atoms with Crippen LogP contribution in [0.15, 0.2) is 22.7 Å². The van der Waals surface area contributed by atoms with Crippen molar-refractivity contribution < 1.29 is 0 Å². The molecule has 0 aliphatic carbocycles. The lowest BCUT2D eigenvalue weighted by molar-refractivity contribution is 0.560. The van der Waals surface area contributed by atoms with Crippen molar-refractivity contribution in [3.63, 3.8) is 0 Å². The summed E-state index contributed by atoms with van der Waals surface area (Å²) in [4.78, 5) is 0. The number of nitrogens with zero attached hydrogens (tertiary/aromatic N) is 2. The van der Waals surface area contributed by atoms with Gasteiger partial charge in [-0.15, -0.1) is 0 Å². The van der Waals surface area contributed by atoms with Gasteiger partial charge < -0.3 is 5.32 Å². The first-order valence-corrected chi connectivity index (χ1v) is 8.28. The Balaban J connectivity index is 2.31. The van der Waals surface area contributed by atoms with Crippen LogP contribution in [0, 0.1) is 6.92 Å². The highest BCUT2D eigenvalue weighted by atomic mass is 79.9. The van der Waals surface area contributed by atoms with Gasteiger partial charge in [-0.2, -0.15) is 5.10 Å². The molecule has 0 aliphatic heterocycles. The number of rotatable bonds is 5. The summed E-state index contributed by atoms with van der Waals surface area (Å²) in [6.07, 6.45) is 1.81. The average molecular weight is 371 g/mol. The lowest BCUT2D eigenvalue weighted by Gasteiger charge is -2.18. The van der Waals surface area contributed by atoms with E-state index in [4.69, 9.17) is 11.6 Å². The van der Waals surface area contributed by atoms with E-state index in [1.165, 1.54) is 11.3 Å². The molecule has 0 radical (unpaired) electrons. The topological polar surface area (TPSA) is 29.9 Å². The molecule has 114 valence electrons. The van der Waals surface area contributed by atoms with Crippen molar-refractivity contribution in [2.45, 2.75) is 32.7 Å². The quantitative estimate of drug-likeness (QED) is 0.854. The van der Waals surface area contributed by atoms with E-state index in [-0.39, 0.29) is 6.04 Å². The maximum absolute atomic E-state index is 6.12. The molecule has 3 nitrogen and oxygen atoms in total. The summed E-state index contributed by atoms with van der Waals surface area (Å²) in [6, 6.07) is 6.43. The van der Waals surface area contributed by atoms with Crippen molar-refractivity contribution in [1.82, 2.24) is 15.1 Å². The van der Waals surface area contributed by atoms with Gasteiger partial charge in [0.15, 0.2) is 0 Å². The minimum absolute atomic E-state index is 0.234. The number of hydrogen-bond donors (Lipinski definition) is 1. The second-order valence-electron chi connectivity index (χ2n) is 5.24. The second-order valence-corrected chi connectivity index (χ2v) is 6.44. The van der Waals surface area contributed by atoms with Gasteiger partial charge in [0.1, 0.15) is 0 Å². The Morgan fingerprint density at radius 1 is 1.43 bits per heavy atom. The number of nitrogens with one attached hydrogen (secondary N) is 1. The van der Waals surface area contributed by atoms with E-state index in [1.807, 2.05) is 31.8 Å². The van der Waals surface area contributed by atoms with Crippen molar-refractivity contribution in [2.24, 2.45) is 7.05 Å². The van der Waals surface area contributed by atoms with Crippen LogP contribution in [0.1, 0.15) is 35.5 Å². The van der Waals surface area contributed by atoms with Gasteiger partial charge in [-0.05, 0) is 53.5 Å². The third-order valence-electron chi connectivity index (χ3n) is 3.83. The fourth-order valence-corrected chi connectivity index (χ4v) is 3.40. The average Bonchev–Trinajstić information content (AvgIpc) is 2.74. The molecule has 21 heavy (non-hydrogen) atoms. The molecule has 1 unspecified atom stereocenters. The smallest absolute Gasteiger partial charge is 0.0766 e. The van der Waals surface area contributed by atoms with Gasteiger partial charge in [0.2, 0.25) is 0 Å². The summed E-state index contributed by atoms with van der Waals surface area (Å²) in [5.41, 5.74) is 4.66. The van der Waals surface area contributed by atoms with Gasteiger partial charge in [-0.1, -0.05) is 30.7 Å². The van der Waals surface area contributed by atoms with Crippen LogP contribution in [0.2, 0.25) is 5.02 Å². The molecule has 0 saturated carbocycles. The van der Waals surface area contributed by atoms with Crippen LogP contribution in [-0.4, -0.2) is 16.8 Å². The van der Waals surface area contributed by atoms with Crippen molar-refractivity contribution >= 4 is 27.5 Å². The Morgan fingerprint density at radius 2 is 2.14 bits per heavy atom. The fraction of sp³-hybridized carbons (Fsp3) is 0.438. The first-order chi connectivity index (χ1) is 9.97. The standard InChI is InChI=1S/C16H21BrClN3/c1-5-13-16(17)15(21(4)20-13)9-14(19-3)11-6-7-12(18)10(2)8-11/h6-8,14,19H,5,9H2,1-4H3. The van der Waals surface area contributed by atoms with Crippen LogP contribution < -0.4 is 5.32 Å². The van der Waals surface area contributed by atoms with E-state index < -0.39 is 0 Å². The maximum atomic E-state index is 6.12. The number of benzene rings is 1. The van der Waals surface area contributed by atoms with Crippen molar-refractivity contribution in [3.8, 4) is 0 Å². The van der Waals surface area contributed by atoms with E-state index in [0.29, 0.717) is 0 Å². The minimum atomic E-state index is 0.234. The maximum Gasteiger partial charge on any atom is 0.0766 e. The number of halogens is 2. The van der Waals surface area contributed by atoms with Gasteiger partial charge in [0.05, 0.1) is 15.9 Å². The van der Waals surface area contributed by atoms with Crippen LogP contribution in [0.25, 0.3) is 0 Å². The molecule has 0 amide bonds. The molecule has 0 aliphatic rings. The molecule has 0 spiro atoms. The molecule has 0 bridgehead atoms. The lowest BCUT2D eigenvalue weighted by Crippen LogP contribution is -2.20. The van der Waals surface area contributed by atoms with Crippen molar-refractivity contribution in [3.05, 3.63) is 50.2 Å². The molecule has 2 aromatic rings.